The van der Waals surface area contributed by atoms with Crippen LogP contribution in [0, 0.1) is 29.1 Å². The Morgan fingerprint density at radius 3 is 2.40 bits per heavy atom. The molecule has 170 valence electrons. The number of hydrogen-bond donors (Lipinski definition) is 0. The number of ether oxygens (including phenoxy) is 2. The second kappa shape index (κ2) is 7.17. The monoisotopic (exact) mass is 432 g/mol. The minimum atomic E-state index is -1.72. The lowest BCUT2D eigenvalue weighted by atomic mass is 9.52. The SMILES string of the molecule is CC(C)(C)[Si](C)(C)O[C@H]1CC[C@H]2[C@@H]3CCC4=CC5(CC[C@@H]4[C@H]3CC[C@]12C)OCCO5. The average molecular weight is 433 g/mol. The zero-order valence-electron chi connectivity index (χ0n) is 20.3. The van der Waals surface area contributed by atoms with Crippen molar-refractivity contribution in [3.8, 4) is 0 Å². The Hall–Kier alpha value is -0.163. The molecule has 0 radical (unpaired) electrons. The zero-order valence-corrected chi connectivity index (χ0v) is 21.3. The van der Waals surface area contributed by atoms with Gasteiger partial charge in [0.1, 0.15) is 0 Å². The predicted octanol–water partition coefficient (Wildman–Crippen LogP) is 6.69. The quantitative estimate of drug-likeness (QED) is 0.359. The standard InChI is InChI=1S/C26H44O3Si/c1-24(2,3)30(5,6)29-23-10-9-22-21-8-7-18-17-26(27-15-16-28-26)14-12-19(18)20(21)11-13-25(22,23)4/h17,19-23H,7-16H2,1-6H3/t19-,20+,21+,22-,23-,25-/m0/s1. The van der Waals surface area contributed by atoms with Crippen LogP contribution < -0.4 is 0 Å². The van der Waals surface area contributed by atoms with Gasteiger partial charge in [0.25, 0.3) is 0 Å². The molecular formula is C26H44O3Si. The highest BCUT2D eigenvalue weighted by Gasteiger charge is 2.58. The highest BCUT2D eigenvalue weighted by Crippen LogP contribution is 2.63. The Morgan fingerprint density at radius 1 is 0.967 bits per heavy atom. The number of rotatable bonds is 2. The molecule has 3 nitrogen and oxygen atoms in total. The molecule has 0 amide bonds. The van der Waals surface area contributed by atoms with Crippen LogP contribution in [-0.4, -0.2) is 33.4 Å². The summed E-state index contributed by atoms with van der Waals surface area (Å²) in [4.78, 5) is 0. The molecule has 6 atom stereocenters. The maximum Gasteiger partial charge on any atom is 0.192 e. The van der Waals surface area contributed by atoms with Crippen LogP contribution in [0.5, 0.6) is 0 Å². The maximum atomic E-state index is 7.08. The average Bonchev–Trinajstić information content (AvgIpc) is 3.25. The van der Waals surface area contributed by atoms with E-state index < -0.39 is 8.32 Å². The summed E-state index contributed by atoms with van der Waals surface area (Å²) >= 11 is 0. The zero-order chi connectivity index (χ0) is 21.4. The predicted molar refractivity (Wildman–Crippen MR) is 124 cm³/mol. The summed E-state index contributed by atoms with van der Waals surface area (Å²) in [5.74, 6) is 3.07. The van der Waals surface area contributed by atoms with Gasteiger partial charge >= 0.3 is 0 Å². The normalized spacial score (nSPS) is 43.1. The molecule has 1 saturated heterocycles. The van der Waals surface area contributed by atoms with Gasteiger partial charge in [-0.2, -0.15) is 0 Å². The van der Waals surface area contributed by atoms with Crippen molar-refractivity contribution in [2.45, 2.75) is 109 Å². The largest absolute Gasteiger partial charge is 0.413 e. The minimum absolute atomic E-state index is 0.297. The third-order valence-corrected chi connectivity index (χ3v) is 14.9. The Labute approximate surface area is 185 Å². The van der Waals surface area contributed by atoms with Crippen LogP contribution in [0.2, 0.25) is 18.1 Å². The molecule has 0 aromatic heterocycles. The molecule has 30 heavy (non-hydrogen) atoms. The summed E-state index contributed by atoms with van der Waals surface area (Å²) in [7, 11) is -1.72. The Balaban J connectivity index is 1.34. The third kappa shape index (κ3) is 3.31. The topological polar surface area (TPSA) is 27.7 Å². The Bertz CT molecular complexity index is 702. The maximum absolute atomic E-state index is 7.08. The van der Waals surface area contributed by atoms with Crippen LogP contribution in [0.15, 0.2) is 11.6 Å². The van der Waals surface area contributed by atoms with Crippen LogP contribution >= 0.6 is 0 Å². The second-order valence-corrected chi connectivity index (χ2v) is 17.6. The lowest BCUT2D eigenvalue weighted by molar-refractivity contribution is -0.135. The first kappa shape index (κ1) is 21.7. The lowest BCUT2D eigenvalue weighted by Gasteiger charge is -2.55. The van der Waals surface area contributed by atoms with Gasteiger partial charge in [-0.25, -0.2) is 0 Å². The van der Waals surface area contributed by atoms with Crippen LogP contribution in [-0.2, 0) is 13.9 Å². The number of hydrogen-bond acceptors (Lipinski definition) is 3. The van der Waals surface area contributed by atoms with Gasteiger partial charge in [-0.3, -0.25) is 0 Å². The van der Waals surface area contributed by atoms with Gasteiger partial charge in [-0.1, -0.05) is 33.3 Å². The van der Waals surface area contributed by atoms with Gasteiger partial charge in [0.2, 0.25) is 0 Å². The highest BCUT2D eigenvalue weighted by atomic mass is 28.4. The van der Waals surface area contributed by atoms with E-state index in [1.807, 2.05) is 0 Å². The van der Waals surface area contributed by atoms with E-state index in [1.165, 1.54) is 44.9 Å². The molecular weight excluding hydrogens is 388 g/mol. The smallest absolute Gasteiger partial charge is 0.192 e. The van der Waals surface area contributed by atoms with E-state index in [1.54, 1.807) is 5.57 Å². The van der Waals surface area contributed by atoms with Crippen LogP contribution in [0.3, 0.4) is 0 Å². The second-order valence-electron chi connectivity index (χ2n) is 12.8. The first-order valence-electron chi connectivity index (χ1n) is 12.7. The van der Waals surface area contributed by atoms with Crippen molar-refractivity contribution in [1.29, 1.82) is 0 Å². The minimum Gasteiger partial charge on any atom is -0.413 e. The molecule has 4 aliphatic carbocycles. The molecule has 1 spiro atoms. The molecule has 1 heterocycles. The molecule has 3 saturated carbocycles. The van der Waals surface area contributed by atoms with Gasteiger partial charge in [0, 0.05) is 6.42 Å². The summed E-state index contributed by atoms with van der Waals surface area (Å²) in [6.45, 7) is 16.2. The van der Waals surface area contributed by atoms with Gasteiger partial charge in [-0.05, 0) is 98.2 Å². The van der Waals surface area contributed by atoms with Gasteiger partial charge in [0.05, 0.1) is 19.3 Å². The molecule has 0 aromatic carbocycles. The summed E-state index contributed by atoms with van der Waals surface area (Å²) < 4.78 is 19.1. The number of fused-ring (bicyclic) bond motifs is 5. The summed E-state index contributed by atoms with van der Waals surface area (Å²) in [6.07, 6.45) is 13.3. The molecule has 0 N–H and O–H groups in total. The molecule has 0 unspecified atom stereocenters. The van der Waals surface area contributed by atoms with Crippen LogP contribution in [0.1, 0.15) is 79.1 Å². The molecule has 5 rings (SSSR count). The molecule has 1 aliphatic heterocycles. The van der Waals surface area contributed by atoms with Crippen molar-refractivity contribution >= 4 is 8.32 Å². The Kier molecular flexibility index (Phi) is 5.18. The van der Waals surface area contributed by atoms with Crippen molar-refractivity contribution in [1.82, 2.24) is 0 Å². The third-order valence-electron chi connectivity index (χ3n) is 10.4. The molecule has 0 aromatic rings. The fourth-order valence-electron chi connectivity index (χ4n) is 7.69. The van der Waals surface area contributed by atoms with E-state index in [9.17, 15) is 0 Å². The Morgan fingerprint density at radius 2 is 1.70 bits per heavy atom. The van der Waals surface area contributed by atoms with Crippen molar-refractivity contribution in [2.24, 2.45) is 29.1 Å². The van der Waals surface area contributed by atoms with E-state index in [0.717, 1.165) is 43.3 Å². The fraction of sp³-hybridized carbons (Fsp3) is 0.923. The molecule has 0 bridgehead atoms. The van der Waals surface area contributed by atoms with E-state index in [2.05, 4.69) is 46.9 Å². The lowest BCUT2D eigenvalue weighted by Crippen LogP contribution is -2.52. The van der Waals surface area contributed by atoms with E-state index >= 15 is 0 Å². The summed E-state index contributed by atoms with van der Waals surface area (Å²) in [6, 6.07) is 0. The summed E-state index contributed by atoms with van der Waals surface area (Å²) in [5, 5.41) is 0.297. The van der Waals surface area contributed by atoms with Crippen molar-refractivity contribution in [3.63, 3.8) is 0 Å². The summed E-state index contributed by atoms with van der Waals surface area (Å²) in [5.41, 5.74) is 2.06. The van der Waals surface area contributed by atoms with E-state index in [-0.39, 0.29) is 5.79 Å². The van der Waals surface area contributed by atoms with Gasteiger partial charge < -0.3 is 13.9 Å². The van der Waals surface area contributed by atoms with Crippen LogP contribution in [0.4, 0.5) is 0 Å². The highest BCUT2D eigenvalue weighted by molar-refractivity contribution is 6.74. The first-order chi connectivity index (χ1) is 14.0. The van der Waals surface area contributed by atoms with E-state index in [4.69, 9.17) is 13.9 Å². The fourth-order valence-corrected chi connectivity index (χ4v) is 9.14. The molecule has 4 heteroatoms. The molecule has 4 fully saturated rings. The van der Waals surface area contributed by atoms with Gasteiger partial charge in [-0.15, -0.1) is 0 Å². The van der Waals surface area contributed by atoms with Gasteiger partial charge in [0.15, 0.2) is 14.1 Å². The van der Waals surface area contributed by atoms with E-state index in [0.29, 0.717) is 16.6 Å². The first-order valence-corrected chi connectivity index (χ1v) is 15.6. The number of allylic oxidation sites excluding steroid dienone is 1. The van der Waals surface area contributed by atoms with Crippen molar-refractivity contribution in [3.05, 3.63) is 11.6 Å². The van der Waals surface area contributed by atoms with Crippen LogP contribution in [0.25, 0.3) is 0 Å². The molecule has 5 aliphatic rings. The van der Waals surface area contributed by atoms with Crippen molar-refractivity contribution < 1.29 is 13.9 Å². The van der Waals surface area contributed by atoms with Crippen molar-refractivity contribution in [2.75, 3.05) is 13.2 Å².